The fourth-order valence-corrected chi connectivity index (χ4v) is 1.47. The number of nitro benzene ring substituents is 1. The minimum atomic E-state index is -0.597. The summed E-state index contributed by atoms with van der Waals surface area (Å²) < 4.78 is 5.01. The summed E-state index contributed by atoms with van der Waals surface area (Å²) in [5.74, 6) is -0.336. The highest BCUT2D eigenvalue weighted by Gasteiger charge is 2.27. The lowest BCUT2D eigenvalue weighted by molar-refractivity contribution is -0.385. The van der Waals surface area contributed by atoms with Gasteiger partial charge in [-0.15, -0.1) is 0 Å². The number of amides is 1. The minimum Gasteiger partial charge on any atom is -0.496 e. The minimum absolute atomic E-state index is 0.0556. The average molecular weight is 252 g/mol. The second-order valence-corrected chi connectivity index (χ2v) is 4.82. The highest BCUT2D eigenvalue weighted by atomic mass is 16.6. The first-order valence-electron chi connectivity index (χ1n) is 5.40. The molecule has 0 heterocycles. The quantitative estimate of drug-likeness (QED) is 0.660. The molecule has 0 aromatic heterocycles. The number of ether oxygens (including phenoxy) is 1. The monoisotopic (exact) mass is 252 g/mol. The van der Waals surface area contributed by atoms with Crippen LogP contribution in [0.5, 0.6) is 5.75 Å². The molecule has 0 aliphatic carbocycles. The number of hydrogen-bond acceptors (Lipinski definition) is 4. The molecule has 0 bridgehead atoms. The van der Waals surface area contributed by atoms with E-state index >= 15 is 0 Å². The van der Waals surface area contributed by atoms with Crippen molar-refractivity contribution in [2.24, 2.45) is 0 Å². The number of carbonyl (C=O) groups is 1. The first kappa shape index (κ1) is 14.0. The van der Waals surface area contributed by atoms with E-state index in [-0.39, 0.29) is 17.0 Å². The highest BCUT2D eigenvalue weighted by Crippen LogP contribution is 2.28. The standard InChI is InChI=1S/C12H16N2O4/c1-12(2,3)13-11(15)10-8(14(16)17)6-5-7-9(10)18-4/h5-7H,1-4H3,(H,13,15). The molecule has 0 spiro atoms. The van der Waals surface area contributed by atoms with E-state index in [0.29, 0.717) is 0 Å². The van der Waals surface area contributed by atoms with Crippen molar-refractivity contribution in [3.8, 4) is 5.75 Å². The van der Waals surface area contributed by atoms with Gasteiger partial charge < -0.3 is 10.1 Å². The molecular weight excluding hydrogens is 236 g/mol. The Kier molecular flexibility index (Phi) is 3.90. The molecule has 6 heteroatoms. The van der Waals surface area contributed by atoms with Crippen LogP contribution in [0.2, 0.25) is 0 Å². The van der Waals surface area contributed by atoms with Crippen LogP contribution in [-0.4, -0.2) is 23.5 Å². The van der Waals surface area contributed by atoms with Crippen molar-refractivity contribution in [2.45, 2.75) is 26.3 Å². The molecule has 1 aromatic rings. The molecule has 0 saturated heterocycles. The lowest BCUT2D eigenvalue weighted by Crippen LogP contribution is -2.40. The van der Waals surface area contributed by atoms with Gasteiger partial charge in [0.15, 0.2) is 5.56 Å². The number of nitro groups is 1. The van der Waals surface area contributed by atoms with E-state index in [9.17, 15) is 14.9 Å². The fraction of sp³-hybridized carbons (Fsp3) is 0.417. The molecule has 1 aromatic carbocycles. The van der Waals surface area contributed by atoms with Crippen LogP contribution in [0, 0.1) is 10.1 Å². The average Bonchev–Trinajstić information content (AvgIpc) is 2.25. The summed E-state index contributed by atoms with van der Waals surface area (Å²) in [5.41, 5.74) is -0.803. The van der Waals surface area contributed by atoms with Crippen molar-refractivity contribution in [2.75, 3.05) is 7.11 Å². The maximum absolute atomic E-state index is 12.1. The molecule has 0 radical (unpaired) electrons. The predicted molar refractivity (Wildman–Crippen MR) is 66.9 cm³/mol. The number of nitrogens with zero attached hydrogens (tertiary/aromatic N) is 1. The van der Waals surface area contributed by atoms with Crippen molar-refractivity contribution in [3.05, 3.63) is 33.9 Å². The van der Waals surface area contributed by atoms with Gasteiger partial charge in [-0.1, -0.05) is 6.07 Å². The lowest BCUT2D eigenvalue weighted by Gasteiger charge is -2.21. The number of rotatable bonds is 3. The van der Waals surface area contributed by atoms with Gasteiger partial charge in [0.1, 0.15) is 5.75 Å². The molecule has 0 aliphatic heterocycles. The lowest BCUT2D eigenvalue weighted by atomic mass is 10.1. The van der Waals surface area contributed by atoms with Gasteiger partial charge >= 0.3 is 0 Å². The summed E-state index contributed by atoms with van der Waals surface area (Å²) in [5, 5.41) is 13.6. The zero-order valence-corrected chi connectivity index (χ0v) is 10.8. The van der Waals surface area contributed by atoms with E-state index in [1.165, 1.54) is 25.3 Å². The third-order valence-corrected chi connectivity index (χ3v) is 2.14. The Morgan fingerprint density at radius 2 is 2.00 bits per heavy atom. The number of hydrogen-bond donors (Lipinski definition) is 1. The number of benzene rings is 1. The Morgan fingerprint density at radius 1 is 1.39 bits per heavy atom. The SMILES string of the molecule is COc1cccc([N+](=O)[O-])c1C(=O)NC(C)(C)C. The van der Waals surface area contributed by atoms with Gasteiger partial charge in [-0.05, 0) is 26.8 Å². The van der Waals surface area contributed by atoms with Crippen LogP contribution in [0.4, 0.5) is 5.69 Å². The zero-order chi connectivity index (χ0) is 13.9. The molecule has 0 unspecified atom stereocenters. The third-order valence-electron chi connectivity index (χ3n) is 2.14. The third kappa shape index (κ3) is 3.19. The topological polar surface area (TPSA) is 81.5 Å². The summed E-state index contributed by atoms with van der Waals surface area (Å²) in [6.07, 6.45) is 0. The van der Waals surface area contributed by atoms with Gasteiger partial charge in [0.25, 0.3) is 11.6 Å². The van der Waals surface area contributed by atoms with Crippen molar-refractivity contribution in [1.29, 1.82) is 0 Å². The molecule has 1 amide bonds. The molecular formula is C12H16N2O4. The normalized spacial score (nSPS) is 10.9. The van der Waals surface area contributed by atoms with Gasteiger partial charge in [-0.2, -0.15) is 0 Å². The Hall–Kier alpha value is -2.11. The van der Waals surface area contributed by atoms with Crippen molar-refractivity contribution in [1.82, 2.24) is 5.32 Å². The second-order valence-electron chi connectivity index (χ2n) is 4.82. The van der Waals surface area contributed by atoms with Gasteiger partial charge in [0, 0.05) is 11.6 Å². The van der Waals surface area contributed by atoms with Crippen LogP contribution < -0.4 is 10.1 Å². The highest BCUT2D eigenvalue weighted by molar-refractivity contribution is 6.01. The fourth-order valence-electron chi connectivity index (χ4n) is 1.47. The molecule has 1 rings (SSSR count). The van der Waals surface area contributed by atoms with Crippen LogP contribution in [-0.2, 0) is 0 Å². The summed E-state index contributed by atoms with van der Waals surface area (Å²) in [7, 11) is 1.37. The van der Waals surface area contributed by atoms with E-state index < -0.39 is 16.4 Å². The Morgan fingerprint density at radius 3 is 2.44 bits per heavy atom. The summed E-state index contributed by atoms with van der Waals surface area (Å²) in [6.45, 7) is 5.39. The zero-order valence-electron chi connectivity index (χ0n) is 10.8. The molecule has 0 atom stereocenters. The van der Waals surface area contributed by atoms with Crippen LogP contribution in [0.1, 0.15) is 31.1 Å². The first-order chi connectivity index (χ1) is 8.26. The number of methoxy groups -OCH3 is 1. The smallest absolute Gasteiger partial charge is 0.285 e. The molecule has 0 saturated carbocycles. The van der Waals surface area contributed by atoms with Crippen LogP contribution in [0.25, 0.3) is 0 Å². The number of carbonyl (C=O) groups excluding carboxylic acids is 1. The maximum atomic E-state index is 12.1. The Balaban J connectivity index is 3.28. The van der Waals surface area contributed by atoms with E-state index in [1.54, 1.807) is 20.8 Å². The van der Waals surface area contributed by atoms with Gasteiger partial charge in [-0.25, -0.2) is 0 Å². The van der Waals surface area contributed by atoms with Gasteiger partial charge in [-0.3, -0.25) is 14.9 Å². The molecule has 18 heavy (non-hydrogen) atoms. The molecule has 6 nitrogen and oxygen atoms in total. The Bertz CT molecular complexity index is 477. The second kappa shape index (κ2) is 5.03. The first-order valence-corrected chi connectivity index (χ1v) is 5.40. The molecule has 98 valence electrons. The predicted octanol–water partition coefficient (Wildman–Crippen LogP) is 2.13. The van der Waals surface area contributed by atoms with E-state index in [0.717, 1.165) is 0 Å². The van der Waals surface area contributed by atoms with E-state index in [2.05, 4.69) is 5.32 Å². The molecule has 0 fully saturated rings. The number of nitrogens with one attached hydrogen (secondary N) is 1. The Labute approximate surface area is 105 Å². The molecule has 1 N–H and O–H groups in total. The largest absolute Gasteiger partial charge is 0.496 e. The van der Waals surface area contributed by atoms with Gasteiger partial charge in [0.05, 0.1) is 12.0 Å². The maximum Gasteiger partial charge on any atom is 0.285 e. The van der Waals surface area contributed by atoms with Crippen molar-refractivity contribution >= 4 is 11.6 Å². The van der Waals surface area contributed by atoms with Crippen LogP contribution in [0.15, 0.2) is 18.2 Å². The van der Waals surface area contributed by atoms with Crippen molar-refractivity contribution in [3.63, 3.8) is 0 Å². The van der Waals surface area contributed by atoms with Gasteiger partial charge in [0.2, 0.25) is 0 Å². The van der Waals surface area contributed by atoms with Crippen LogP contribution in [0.3, 0.4) is 0 Å². The van der Waals surface area contributed by atoms with Crippen molar-refractivity contribution < 1.29 is 14.5 Å². The summed E-state index contributed by atoms with van der Waals surface area (Å²) in [6, 6.07) is 4.27. The van der Waals surface area contributed by atoms with E-state index in [1.807, 2.05) is 0 Å². The van der Waals surface area contributed by atoms with Crippen LogP contribution >= 0.6 is 0 Å². The van der Waals surface area contributed by atoms with E-state index in [4.69, 9.17) is 4.74 Å². The molecule has 0 aliphatic rings. The summed E-state index contributed by atoms with van der Waals surface area (Å²) in [4.78, 5) is 22.4. The summed E-state index contributed by atoms with van der Waals surface area (Å²) >= 11 is 0.